The third-order valence-electron chi connectivity index (χ3n) is 5.91. The number of aliphatic hydroxyl groups excluding tert-OH is 1. The Morgan fingerprint density at radius 3 is 2.65 bits per heavy atom. The number of primary amides is 1. The first-order chi connectivity index (χ1) is 15.0. The van der Waals surface area contributed by atoms with Crippen molar-refractivity contribution in [2.75, 3.05) is 19.7 Å². The van der Waals surface area contributed by atoms with E-state index in [4.69, 9.17) is 10.8 Å². The maximum Gasteiger partial charge on any atom is 0.250 e. The highest BCUT2D eigenvalue weighted by Gasteiger charge is 2.27. The van der Waals surface area contributed by atoms with Crippen LogP contribution in [0.25, 0.3) is 10.8 Å². The summed E-state index contributed by atoms with van der Waals surface area (Å²) in [7, 11) is 0. The largest absolute Gasteiger partial charge is 0.396 e. The lowest BCUT2D eigenvalue weighted by Gasteiger charge is -2.26. The maximum absolute atomic E-state index is 12.9. The summed E-state index contributed by atoms with van der Waals surface area (Å²) in [6.45, 7) is 2.80. The van der Waals surface area contributed by atoms with Crippen LogP contribution in [0, 0.1) is 0 Å². The van der Waals surface area contributed by atoms with Crippen molar-refractivity contribution in [3.05, 3.63) is 68.9 Å². The van der Waals surface area contributed by atoms with Gasteiger partial charge in [0.15, 0.2) is 0 Å². The normalized spacial score (nSPS) is 14.0. The van der Waals surface area contributed by atoms with Gasteiger partial charge in [0.05, 0.1) is 5.56 Å². The summed E-state index contributed by atoms with van der Waals surface area (Å²) in [6, 6.07) is 14.2. The second-order valence-corrected chi connectivity index (χ2v) is 9.39. The summed E-state index contributed by atoms with van der Waals surface area (Å²) in [4.78, 5) is 29.4. The fraction of sp³-hybridized carbons (Fsp3) is 0.360. The highest BCUT2D eigenvalue weighted by Crippen LogP contribution is 2.34. The third kappa shape index (κ3) is 5.03. The molecule has 1 aliphatic rings. The van der Waals surface area contributed by atoms with Crippen LogP contribution in [0.15, 0.2) is 42.5 Å². The van der Waals surface area contributed by atoms with Crippen molar-refractivity contribution in [2.45, 2.75) is 38.6 Å². The van der Waals surface area contributed by atoms with E-state index in [0.29, 0.717) is 12.0 Å². The molecule has 0 spiro atoms. The van der Waals surface area contributed by atoms with E-state index in [0.717, 1.165) is 70.6 Å². The Hall–Kier alpha value is -2.54. The fourth-order valence-electron chi connectivity index (χ4n) is 4.38. The van der Waals surface area contributed by atoms with E-state index in [1.165, 1.54) is 0 Å². The minimum Gasteiger partial charge on any atom is -0.396 e. The number of nitrogens with zero attached hydrogens (tertiary/aromatic N) is 1. The second kappa shape index (κ2) is 9.73. The number of carbonyl (C=O) groups is 2. The summed E-state index contributed by atoms with van der Waals surface area (Å²) in [5, 5.41) is 11.3. The van der Waals surface area contributed by atoms with Gasteiger partial charge >= 0.3 is 0 Å². The highest BCUT2D eigenvalue weighted by atomic mass is 32.1. The number of unbranched alkanes of at least 4 members (excludes halogenated alkanes) is 1. The number of hydrogen-bond donors (Lipinski definition) is 2. The van der Waals surface area contributed by atoms with Gasteiger partial charge in [-0.15, -0.1) is 11.3 Å². The highest BCUT2D eigenvalue weighted by molar-refractivity contribution is 7.12. The number of ketones is 1. The van der Waals surface area contributed by atoms with E-state index >= 15 is 0 Å². The van der Waals surface area contributed by atoms with Crippen LogP contribution in [0.5, 0.6) is 0 Å². The van der Waals surface area contributed by atoms with Crippen LogP contribution in [0.3, 0.4) is 0 Å². The number of nitrogens with two attached hydrogens (primary N) is 1. The summed E-state index contributed by atoms with van der Waals surface area (Å²) < 4.78 is 0. The molecule has 162 valence electrons. The van der Waals surface area contributed by atoms with Gasteiger partial charge in [-0.05, 0) is 47.7 Å². The van der Waals surface area contributed by atoms with Crippen LogP contribution in [0.1, 0.15) is 44.1 Å². The van der Waals surface area contributed by atoms with Crippen molar-refractivity contribution in [3.8, 4) is 0 Å². The van der Waals surface area contributed by atoms with Crippen molar-refractivity contribution in [1.82, 2.24) is 4.90 Å². The molecule has 31 heavy (non-hydrogen) atoms. The van der Waals surface area contributed by atoms with Crippen molar-refractivity contribution in [3.63, 3.8) is 0 Å². The average molecular weight is 437 g/mol. The first kappa shape index (κ1) is 21.7. The molecule has 6 heteroatoms. The topological polar surface area (TPSA) is 83.6 Å². The number of fused-ring (bicyclic) bond motifs is 2. The Morgan fingerprint density at radius 1 is 1.06 bits per heavy atom. The molecule has 0 unspecified atom stereocenters. The molecular formula is C25H28N2O3S. The lowest BCUT2D eigenvalue weighted by atomic mass is 9.97. The predicted octanol–water partition coefficient (Wildman–Crippen LogP) is 3.49. The van der Waals surface area contributed by atoms with Gasteiger partial charge in [-0.25, -0.2) is 0 Å². The summed E-state index contributed by atoms with van der Waals surface area (Å²) in [5.41, 5.74) is 8.31. The zero-order chi connectivity index (χ0) is 21.8. The minimum absolute atomic E-state index is 0.0937. The van der Waals surface area contributed by atoms with Gasteiger partial charge < -0.3 is 10.8 Å². The van der Waals surface area contributed by atoms with Gasteiger partial charge in [-0.1, -0.05) is 42.5 Å². The zero-order valence-electron chi connectivity index (χ0n) is 17.6. The molecule has 4 rings (SSSR count). The molecule has 3 aromatic rings. The lowest BCUT2D eigenvalue weighted by molar-refractivity contribution is -0.117. The molecule has 0 radical (unpaired) electrons. The van der Waals surface area contributed by atoms with Crippen molar-refractivity contribution >= 4 is 33.8 Å². The number of Topliss-reactive ketones (excluding diaryl/α,β-unsaturated/α-hetero) is 1. The number of rotatable bonds is 9. The van der Waals surface area contributed by atoms with Crippen LogP contribution in [-0.4, -0.2) is 41.4 Å². The molecule has 2 aromatic carbocycles. The number of aliphatic hydroxyl groups is 1. The van der Waals surface area contributed by atoms with Crippen LogP contribution in [0.4, 0.5) is 0 Å². The molecule has 1 aliphatic heterocycles. The van der Waals surface area contributed by atoms with Gasteiger partial charge in [0, 0.05) is 42.3 Å². The smallest absolute Gasteiger partial charge is 0.250 e. The summed E-state index contributed by atoms with van der Waals surface area (Å²) >= 11 is 1.56. The number of amides is 1. The number of carbonyl (C=O) groups excluding carboxylic acids is 2. The van der Waals surface area contributed by atoms with E-state index < -0.39 is 5.91 Å². The molecule has 5 nitrogen and oxygen atoms in total. The quantitative estimate of drug-likeness (QED) is 0.503. The van der Waals surface area contributed by atoms with E-state index in [1.54, 1.807) is 11.3 Å². The molecule has 0 aliphatic carbocycles. The van der Waals surface area contributed by atoms with Crippen LogP contribution < -0.4 is 5.73 Å². The monoisotopic (exact) mass is 436 g/mol. The third-order valence-corrected chi connectivity index (χ3v) is 7.13. The number of hydrogen-bond acceptors (Lipinski definition) is 5. The predicted molar refractivity (Wildman–Crippen MR) is 125 cm³/mol. The van der Waals surface area contributed by atoms with Gasteiger partial charge in [0.2, 0.25) is 5.91 Å². The van der Waals surface area contributed by atoms with Gasteiger partial charge in [0.1, 0.15) is 5.78 Å². The summed E-state index contributed by atoms with van der Waals surface area (Å²) in [6.07, 6.45) is 3.13. The molecule has 0 bridgehead atoms. The number of benzene rings is 2. The Morgan fingerprint density at radius 2 is 1.87 bits per heavy atom. The summed E-state index contributed by atoms with van der Waals surface area (Å²) in [5.74, 6) is -0.337. The standard InChI is InChI=1S/C25H28N2O3S/c26-25(30)24-21-9-11-27(10-3-4-12-28)16-23(21)31-22(24)15-20(29)14-17-7-8-18-5-1-2-6-19(18)13-17/h1-2,5-8,13,28H,3-4,9-12,14-16H2,(H2,26,30). The van der Waals surface area contributed by atoms with E-state index in [-0.39, 0.29) is 18.8 Å². The van der Waals surface area contributed by atoms with Crippen LogP contribution in [-0.2, 0) is 30.6 Å². The van der Waals surface area contributed by atoms with Crippen LogP contribution in [0.2, 0.25) is 0 Å². The van der Waals surface area contributed by atoms with Crippen molar-refractivity contribution in [1.29, 1.82) is 0 Å². The Bertz CT molecular complexity index is 1110. The SMILES string of the molecule is NC(=O)c1c(CC(=O)Cc2ccc3ccccc3c2)sc2c1CCN(CCCCO)C2. The Labute approximate surface area is 186 Å². The second-order valence-electron chi connectivity index (χ2n) is 8.20. The molecule has 0 fully saturated rings. The molecule has 3 N–H and O–H groups in total. The molecule has 0 atom stereocenters. The Kier molecular flexibility index (Phi) is 6.80. The molecule has 0 saturated heterocycles. The first-order valence-electron chi connectivity index (χ1n) is 10.8. The van der Waals surface area contributed by atoms with E-state index in [1.807, 2.05) is 30.3 Å². The zero-order valence-corrected chi connectivity index (χ0v) is 18.4. The molecule has 1 amide bonds. The Balaban J connectivity index is 1.48. The van der Waals surface area contributed by atoms with Gasteiger partial charge in [-0.2, -0.15) is 0 Å². The molecule has 2 heterocycles. The van der Waals surface area contributed by atoms with Crippen molar-refractivity contribution in [2.24, 2.45) is 5.73 Å². The minimum atomic E-state index is -0.431. The molecular weight excluding hydrogens is 408 g/mol. The lowest BCUT2D eigenvalue weighted by Crippen LogP contribution is -2.31. The van der Waals surface area contributed by atoms with E-state index in [9.17, 15) is 9.59 Å². The average Bonchev–Trinajstić information content (AvgIpc) is 3.11. The van der Waals surface area contributed by atoms with Crippen LogP contribution >= 0.6 is 11.3 Å². The number of thiophene rings is 1. The fourth-order valence-corrected chi connectivity index (χ4v) is 5.81. The van der Waals surface area contributed by atoms with Gasteiger partial charge in [-0.3, -0.25) is 14.5 Å². The maximum atomic E-state index is 12.9. The molecule has 1 aromatic heterocycles. The first-order valence-corrected chi connectivity index (χ1v) is 11.6. The van der Waals surface area contributed by atoms with Crippen molar-refractivity contribution < 1.29 is 14.7 Å². The molecule has 0 saturated carbocycles. The van der Waals surface area contributed by atoms with E-state index in [2.05, 4.69) is 17.0 Å². The van der Waals surface area contributed by atoms with Gasteiger partial charge in [0.25, 0.3) is 0 Å².